The van der Waals surface area contributed by atoms with Crippen molar-refractivity contribution in [2.75, 3.05) is 5.32 Å². The zero-order chi connectivity index (χ0) is 16.0. The van der Waals surface area contributed by atoms with E-state index >= 15 is 0 Å². The number of nitrogens with one attached hydrogen (secondary N) is 2. The summed E-state index contributed by atoms with van der Waals surface area (Å²) >= 11 is 0. The van der Waals surface area contributed by atoms with E-state index < -0.39 is 6.04 Å². The molecule has 0 saturated heterocycles. The van der Waals surface area contributed by atoms with Crippen LogP contribution in [0.3, 0.4) is 0 Å². The molecule has 0 aliphatic carbocycles. The largest absolute Gasteiger partial charge is 0.336 e. The van der Waals surface area contributed by atoms with Gasteiger partial charge in [0.25, 0.3) is 11.8 Å². The number of aromatic nitrogens is 2. The molecule has 0 unspecified atom stereocenters. The molecule has 0 spiro atoms. The predicted octanol–water partition coefficient (Wildman–Crippen LogP) is 1.95. The first-order valence-corrected chi connectivity index (χ1v) is 7.91. The topological polar surface area (TPSA) is 76.0 Å². The SMILES string of the molecule is Cc1cccc2c1[C@H](NC(=O)c1cnn3c1CCCC3)C(=O)N2. The number of anilines is 1. The second-order valence-corrected chi connectivity index (χ2v) is 6.12. The summed E-state index contributed by atoms with van der Waals surface area (Å²) in [6.07, 6.45) is 4.63. The van der Waals surface area contributed by atoms with Crippen molar-refractivity contribution in [3.8, 4) is 0 Å². The number of amides is 2. The summed E-state index contributed by atoms with van der Waals surface area (Å²) in [7, 11) is 0. The van der Waals surface area contributed by atoms with E-state index in [1.807, 2.05) is 29.8 Å². The number of nitrogens with zero attached hydrogens (tertiary/aromatic N) is 2. The molecule has 0 radical (unpaired) electrons. The minimum atomic E-state index is -0.641. The van der Waals surface area contributed by atoms with Crippen molar-refractivity contribution in [3.63, 3.8) is 0 Å². The van der Waals surface area contributed by atoms with E-state index in [1.165, 1.54) is 0 Å². The molecule has 2 N–H and O–H groups in total. The molecule has 0 fully saturated rings. The number of carbonyl (C=O) groups excluding carboxylic acids is 2. The standard InChI is InChI=1S/C17H18N4O2/c1-10-5-4-6-12-14(10)15(17(23)19-12)20-16(22)11-9-18-21-8-3-2-7-13(11)21/h4-6,9,15H,2-3,7-8H2,1H3,(H,19,23)(H,20,22)/t15-/m0/s1. The van der Waals surface area contributed by atoms with Gasteiger partial charge in [0.05, 0.1) is 17.5 Å². The van der Waals surface area contributed by atoms with Crippen LogP contribution in [-0.4, -0.2) is 21.6 Å². The smallest absolute Gasteiger partial charge is 0.255 e. The van der Waals surface area contributed by atoms with E-state index in [9.17, 15) is 9.59 Å². The zero-order valence-corrected chi connectivity index (χ0v) is 12.9. The van der Waals surface area contributed by atoms with Crippen LogP contribution in [0.4, 0.5) is 5.69 Å². The molecule has 6 heteroatoms. The third-order valence-corrected chi connectivity index (χ3v) is 4.64. The maximum Gasteiger partial charge on any atom is 0.255 e. The fraction of sp³-hybridized carbons (Fsp3) is 0.353. The van der Waals surface area contributed by atoms with Crippen LogP contribution in [0.2, 0.25) is 0 Å². The fourth-order valence-electron chi connectivity index (χ4n) is 3.47. The highest BCUT2D eigenvalue weighted by Gasteiger charge is 2.34. The monoisotopic (exact) mass is 310 g/mol. The lowest BCUT2D eigenvalue weighted by molar-refractivity contribution is -0.117. The van der Waals surface area contributed by atoms with Crippen LogP contribution in [-0.2, 0) is 17.8 Å². The molecule has 2 aliphatic heterocycles. The third kappa shape index (κ3) is 2.21. The summed E-state index contributed by atoms with van der Waals surface area (Å²) in [6.45, 7) is 2.80. The number of benzene rings is 1. The lowest BCUT2D eigenvalue weighted by Gasteiger charge is -2.16. The van der Waals surface area contributed by atoms with Crippen LogP contribution in [0.25, 0.3) is 0 Å². The lowest BCUT2D eigenvalue weighted by atomic mass is 10.0. The Morgan fingerprint density at radius 2 is 2.26 bits per heavy atom. The summed E-state index contributed by atoms with van der Waals surface area (Å²) in [4.78, 5) is 24.9. The van der Waals surface area contributed by atoms with Crippen molar-refractivity contribution in [2.24, 2.45) is 0 Å². The minimum Gasteiger partial charge on any atom is -0.336 e. The Labute approximate surface area is 133 Å². The molecule has 2 aliphatic rings. The average Bonchev–Trinajstić information content (AvgIpc) is 3.10. The molecule has 118 valence electrons. The van der Waals surface area contributed by atoms with E-state index in [4.69, 9.17) is 0 Å². The molecule has 1 aromatic heterocycles. The van der Waals surface area contributed by atoms with E-state index in [-0.39, 0.29) is 11.8 Å². The van der Waals surface area contributed by atoms with E-state index in [0.29, 0.717) is 5.56 Å². The fourth-order valence-corrected chi connectivity index (χ4v) is 3.47. The highest BCUT2D eigenvalue weighted by Crippen LogP contribution is 2.33. The molecule has 1 aromatic carbocycles. The van der Waals surface area contributed by atoms with Crippen LogP contribution in [0.1, 0.15) is 46.1 Å². The quantitative estimate of drug-likeness (QED) is 0.890. The Balaban J connectivity index is 1.63. The van der Waals surface area contributed by atoms with E-state index in [2.05, 4.69) is 15.7 Å². The van der Waals surface area contributed by atoms with Gasteiger partial charge in [-0.3, -0.25) is 14.3 Å². The van der Waals surface area contributed by atoms with Gasteiger partial charge in [-0.1, -0.05) is 12.1 Å². The average molecular weight is 310 g/mol. The van der Waals surface area contributed by atoms with Crippen LogP contribution < -0.4 is 10.6 Å². The van der Waals surface area contributed by atoms with Gasteiger partial charge in [-0.05, 0) is 37.8 Å². The number of aryl methyl sites for hydroxylation is 2. The summed E-state index contributed by atoms with van der Waals surface area (Å²) in [6, 6.07) is 5.05. The molecular weight excluding hydrogens is 292 g/mol. The Kier molecular flexibility index (Phi) is 3.18. The number of hydrogen-bond donors (Lipinski definition) is 2. The van der Waals surface area contributed by atoms with Gasteiger partial charge >= 0.3 is 0 Å². The molecule has 0 bridgehead atoms. The van der Waals surface area contributed by atoms with Crippen molar-refractivity contribution in [3.05, 3.63) is 46.8 Å². The van der Waals surface area contributed by atoms with Crippen LogP contribution in [0.5, 0.6) is 0 Å². The van der Waals surface area contributed by atoms with E-state index in [1.54, 1.807) is 6.20 Å². The van der Waals surface area contributed by atoms with Crippen molar-refractivity contribution in [1.82, 2.24) is 15.1 Å². The van der Waals surface area contributed by atoms with Gasteiger partial charge in [0.2, 0.25) is 0 Å². The zero-order valence-electron chi connectivity index (χ0n) is 12.9. The van der Waals surface area contributed by atoms with Crippen molar-refractivity contribution in [2.45, 2.75) is 38.8 Å². The van der Waals surface area contributed by atoms with Crippen LogP contribution in [0.15, 0.2) is 24.4 Å². The van der Waals surface area contributed by atoms with E-state index in [0.717, 1.165) is 48.3 Å². The Morgan fingerprint density at radius 3 is 3.13 bits per heavy atom. The second-order valence-electron chi connectivity index (χ2n) is 6.12. The van der Waals surface area contributed by atoms with Gasteiger partial charge in [0.15, 0.2) is 0 Å². The molecule has 23 heavy (non-hydrogen) atoms. The molecule has 3 heterocycles. The normalized spacial score (nSPS) is 19.0. The van der Waals surface area contributed by atoms with Gasteiger partial charge in [-0.2, -0.15) is 5.10 Å². The first kappa shape index (κ1) is 14.0. The van der Waals surface area contributed by atoms with Gasteiger partial charge in [-0.15, -0.1) is 0 Å². The summed E-state index contributed by atoms with van der Waals surface area (Å²) in [5, 5.41) is 9.99. The molecule has 2 amide bonds. The van der Waals surface area contributed by atoms with Crippen LogP contribution in [0, 0.1) is 6.92 Å². The maximum absolute atomic E-state index is 12.7. The molecule has 6 nitrogen and oxygen atoms in total. The van der Waals surface area contributed by atoms with Gasteiger partial charge in [-0.25, -0.2) is 0 Å². The molecule has 2 aromatic rings. The number of carbonyl (C=O) groups is 2. The third-order valence-electron chi connectivity index (χ3n) is 4.64. The Bertz CT molecular complexity index is 809. The Morgan fingerprint density at radius 1 is 1.39 bits per heavy atom. The second kappa shape index (κ2) is 5.22. The van der Waals surface area contributed by atoms with Gasteiger partial charge in [0, 0.05) is 17.8 Å². The van der Waals surface area contributed by atoms with Crippen molar-refractivity contribution < 1.29 is 9.59 Å². The maximum atomic E-state index is 12.7. The highest BCUT2D eigenvalue weighted by molar-refractivity contribution is 6.06. The van der Waals surface area contributed by atoms with Crippen LogP contribution >= 0.6 is 0 Å². The number of rotatable bonds is 2. The lowest BCUT2D eigenvalue weighted by Crippen LogP contribution is -2.33. The molecule has 4 rings (SSSR count). The molecular formula is C17H18N4O2. The van der Waals surface area contributed by atoms with Gasteiger partial charge < -0.3 is 10.6 Å². The summed E-state index contributed by atoms with van der Waals surface area (Å²) < 4.78 is 1.90. The predicted molar refractivity (Wildman–Crippen MR) is 85.2 cm³/mol. The molecule has 0 saturated carbocycles. The molecule has 1 atom stereocenters. The number of fused-ring (bicyclic) bond motifs is 2. The number of hydrogen-bond acceptors (Lipinski definition) is 3. The summed E-state index contributed by atoms with van der Waals surface area (Å²) in [5.74, 6) is -0.423. The van der Waals surface area contributed by atoms with Gasteiger partial charge in [0.1, 0.15) is 6.04 Å². The highest BCUT2D eigenvalue weighted by atomic mass is 16.2. The van der Waals surface area contributed by atoms with Crippen molar-refractivity contribution in [1.29, 1.82) is 0 Å². The summed E-state index contributed by atoms with van der Waals surface area (Å²) in [5.41, 5.74) is 4.17. The van der Waals surface area contributed by atoms with Crippen molar-refractivity contribution >= 4 is 17.5 Å². The Hall–Kier alpha value is -2.63. The first-order valence-electron chi connectivity index (χ1n) is 7.91. The minimum absolute atomic E-state index is 0.191. The first-order chi connectivity index (χ1) is 11.1.